The molecule has 0 amide bonds. The number of hydrogen-bond acceptors (Lipinski definition) is 5. The second kappa shape index (κ2) is 5.92. The van der Waals surface area contributed by atoms with E-state index < -0.39 is 4.92 Å². The van der Waals surface area contributed by atoms with E-state index in [0.717, 1.165) is 0 Å². The fourth-order valence-corrected chi connectivity index (χ4v) is 1.67. The summed E-state index contributed by atoms with van der Waals surface area (Å²) in [4.78, 5) is 25.8. The number of carbonyl (C=O) groups is 1. The first-order valence-corrected chi connectivity index (χ1v) is 5.90. The molecule has 6 nitrogen and oxygen atoms in total. The van der Waals surface area contributed by atoms with E-state index in [0.29, 0.717) is 11.4 Å². The lowest BCUT2D eigenvalue weighted by molar-refractivity contribution is -0.384. The molecule has 2 aromatic rings. The standard InChI is InChI=1S/C14H12N2O4/c1-10(17)13-8-12(16(18)19)5-6-14(13)20-9-11-4-2-3-7-15-11/h2-8H,9H2,1H3. The summed E-state index contributed by atoms with van der Waals surface area (Å²) in [6.07, 6.45) is 1.64. The van der Waals surface area contributed by atoms with Crippen molar-refractivity contribution in [3.63, 3.8) is 0 Å². The first-order valence-electron chi connectivity index (χ1n) is 5.90. The lowest BCUT2D eigenvalue weighted by atomic mass is 10.1. The summed E-state index contributed by atoms with van der Waals surface area (Å²) >= 11 is 0. The predicted molar refractivity (Wildman–Crippen MR) is 71.7 cm³/mol. The van der Waals surface area contributed by atoms with Crippen molar-refractivity contribution in [3.8, 4) is 5.75 Å². The summed E-state index contributed by atoms with van der Waals surface area (Å²) < 4.78 is 5.51. The number of nitrogens with zero attached hydrogens (tertiary/aromatic N) is 2. The topological polar surface area (TPSA) is 82.3 Å². The summed E-state index contributed by atoms with van der Waals surface area (Å²) in [5, 5.41) is 10.7. The van der Waals surface area contributed by atoms with E-state index in [2.05, 4.69) is 4.98 Å². The van der Waals surface area contributed by atoms with Crippen LogP contribution in [0, 0.1) is 10.1 Å². The highest BCUT2D eigenvalue weighted by molar-refractivity contribution is 5.97. The van der Waals surface area contributed by atoms with Gasteiger partial charge in [0, 0.05) is 18.3 Å². The first kappa shape index (κ1) is 13.7. The molecule has 102 valence electrons. The summed E-state index contributed by atoms with van der Waals surface area (Å²) in [5.41, 5.74) is 0.760. The number of Topliss-reactive ketones (excluding diaryl/α,β-unsaturated/α-hetero) is 1. The van der Waals surface area contributed by atoms with Crippen LogP contribution in [0.2, 0.25) is 0 Å². The normalized spacial score (nSPS) is 10.1. The van der Waals surface area contributed by atoms with Gasteiger partial charge in [-0.15, -0.1) is 0 Å². The van der Waals surface area contributed by atoms with Crippen LogP contribution >= 0.6 is 0 Å². The molecule has 0 saturated carbocycles. The molecule has 0 aliphatic carbocycles. The molecule has 0 spiro atoms. The molecule has 1 heterocycles. The number of pyridine rings is 1. The molecule has 2 rings (SSSR count). The van der Waals surface area contributed by atoms with Crippen LogP contribution in [0.15, 0.2) is 42.6 Å². The lowest BCUT2D eigenvalue weighted by Crippen LogP contribution is -2.03. The lowest BCUT2D eigenvalue weighted by Gasteiger charge is -2.09. The van der Waals surface area contributed by atoms with Crippen molar-refractivity contribution < 1.29 is 14.5 Å². The summed E-state index contributed by atoms with van der Waals surface area (Å²) in [7, 11) is 0. The van der Waals surface area contributed by atoms with Gasteiger partial charge in [0.1, 0.15) is 12.4 Å². The number of nitro benzene ring substituents is 1. The molecule has 0 aliphatic heterocycles. The van der Waals surface area contributed by atoms with E-state index in [9.17, 15) is 14.9 Å². The molecule has 6 heteroatoms. The molecule has 20 heavy (non-hydrogen) atoms. The summed E-state index contributed by atoms with van der Waals surface area (Å²) in [6, 6.07) is 9.36. The smallest absolute Gasteiger partial charge is 0.270 e. The molecule has 1 aromatic carbocycles. The Hall–Kier alpha value is -2.76. The van der Waals surface area contributed by atoms with Crippen molar-refractivity contribution in [1.29, 1.82) is 0 Å². The van der Waals surface area contributed by atoms with E-state index in [-0.39, 0.29) is 23.6 Å². The highest BCUT2D eigenvalue weighted by atomic mass is 16.6. The average Bonchev–Trinajstić information content (AvgIpc) is 2.45. The van der Waals surface area contributed by atoms with Crippen LogP contribution in [0.3, 0.4) is 0 Å². The Morgan fingerprint density at radius 1 is 1.35 bits per heavy atom. The van der Waals surface area contributed by atoms with Crippen LogP contribution in [0.25, 0.3) is 0 Å². The maximum atomic E-state index is 11.5. The fraction of sp³-hybridized carbons (Fsp3) is 0.143. The van der Waals surface area contributed by atoms with Crippen LogP contribution in [0.4, 0.5) is 5.69 Å². The van der Waals surface area contributed by atoms with Crippen molar-refractivity contribution in [3.05, 3.63) is 64.0 Å². The second-order valence-corrected chi connectivity index (χ2v) is 4.10. The van der Waals surface area contributed by atoms with Crippen molar-refractivity contribution in [1.82, 2.24) is 4.98 Å². The maximum Gasteiger partial charge on any atom is 0.270 e. The van der Waals surface area contributed by atoms with Gasteiger partial charge in [0.15, 0.2) is 5.78 Å². The van der Waals surface area contributed by atoms with Crippen LogP contribution in [0.1, 0.15) is 23.0 Å². The summed E-state index contributed by atoms with van der Waals surface area (Å²) in [6.45, 7) is 1.53. The van der Waals surface area contributed by atoms with Crippen molar-refractivity contribution in [2.45, 2.75) is 13.5 Å². The Bertz CT molecular complexity index is 641. The maximum absolute atomic E-state index is 11.5. The number of non-ortho nitro benzene ring substituents is 1. The Balaban J connectivity index is 2.23. The van der Waals surface area contributed by atoms with Gasteiger partial charge in [-0.2, -0.15) is 0 Å². The third-order valence-corrected chi connectivity index (χ3v) is 2.65. The minimum atomic E-state index is -0.547. The summed E-state index contributed by atoms with van der Waals surface area (Å²) in [5.74, 6) is 0.0264. The van der Waals surface area contributed by atoms with Crippen LogP contribution in [-0.4, -0.2) is 15.7 Å². The number of nitro groups is 1. The Labute approximate surface area is 115 Å². The predicted octanol–water partition coefficient (Wildman–Crippen LogP) is 2.77. The third-order valence-electron chi connectivity index (χ3n) is 2.65. The molecule has 0 atom stereocenters. The fourth-order valence-electron chi connectivity index (χ4n) is 1.67. The number of rotatable bonds is 5. The number of aromatic nitrogens is 1. The van der Waals surface area contributed by atoms with Crippen LogP contribution in [-0.2, 0) is 6.61 Å². The van der Waals surface area contributed by atoms with Gasteiger partial charge in [0.25, 0.3) is 5.69 Å². The zero-order valence-corrected chi connectivity index (χ0v) is 10.8. The number of ether oxygens (including phenoxy) is 1. The third kappa shape index (κ3) is 3.17. The van der Waals surface area contributed by atoms with Gasteiger partial charge in [-0.3, -0.25) is 19.9 Å². The van der Waals surface area contributed by atoms with E-state index in [4.69, 9.17) is 4.74 Å². The van der Waals surface area contributed by atoms with Gasteiger partial charge >= 0.3 is 0 Å². The Morgan fingerprint density at radius 3 is 2.75 bits per heavy atom. The number of carbonyl (C=O) groups excluding carboxylic acids is 1. The highest BCUT2D eigenvalue weighted by Crippen LogP contribution is 2.25. The van der Waals surface area contributed by atoms with Crippen molar-refractivity contribution in [2.24, 2.45) is 0 Å². The van der Waals surface area contributed by atoms with Gasteiger partial charge in [0.2, 0.25) is 0 Å². The number of ketones is 1. The minimum Gasteiger partial charge on any atom is -0.487 e. The zero-order chi connectivity index (χ0) is 14.5. The molecular weight excluding hydrogens is 260 g/mol. The van der Waals surface area contributed by atoms with Crippen molar-refractivity contribution in [2.75, 3.05) is 0 Å². The van der Waals surface area contributed by atoms with Crippen molar-refractivity contribution >= 4 is 11.5 Å². The van der Waals surface area contributed by atoms with Gasteiger partial charge in [-0.05, 0) is 25.1 Å². The largest absolute Gasteiger partial charge is 0.487 e. The average molecular weight is 272 g/mol. The zero-order valence-electron chi connectivity index (χ0n) is 10.8. The highest BCUT2D eigenvalue weighted by Gasteiger charge is 2.15. The molecule has 0 aliphatic rings. The second-order valence-electron chi connectivity index (χ2n) is 4.10. The van der Waals surface area contributed by atoms with Crippen LogP contribution in [0.5, 0.6) is 5.75 Å². The van der Waals surface area contributed by atoms with Gasteiger partial charge < -0.3 is 4.74 Å². The molecule has 0 bridgehead atoms. The number of benzene rings is 1. The Morgan fingerprint density at radius 2 is 2.15 bits per heavy atom. The molecular formula is C14H12N2O4. The van der Waals surface area contributed by atoms with E-state index in [1.165, 1.54) is 25.1 Å². The van der Waals surface area contributed by atoms with E-state index in [1.807, 2.05) is 6.07 Å². The Kier molecular flexibility index (Phi) is 4.05. The van der Waals surface area contributed by atoms with E-state index >= 15 is 0 Å². The molecule has 1 aromatic heterocycles. The first-order chi connectivity index (χ1) is 9.58. The SMILES string of the molecule is CC(=O)c1cc([N+](=O)[O-])ccc1OCc1ccccn1. The molecule has 0 radical (unpaired) electrons. The number of hydrogen-bond donors (Lipinski definition) is 0. The van der Waals surface area contributed by atoms with Gasteiger partial charge in [0.05, 0.1) is 16.2 Å². The molecule has 0 saturated heterocycles. The van der Waals surface area contributed by atoms with Gasteiger partial charge in [-0.25, -0.2) is 0 Å². The monoisotopic (exact) mass is 272 g/mol. The molecule has 0 unspecified atom stereocenters. The minimum absolute atomic E-state index is 0.139. The van der Waals surface area contributed by atoms with Gasteiger partial charge in [-0.1, -0.05) is 6.07 Å². The molecule has 0 fully saturated rings. The molecule has 0 N–H and O–H groups in total. The van der Waals surface area contributed by atoms with E-state index in [1.54, 1.807) is 18.3 Å². The quantitative estimate of drug-likeness (QED) is 0.475. The van der Waals surface area contributed by atoms with Crippen LogP contribution < -0.4 is 4.74 Å².